The van der Waals surface area contributed by atoms with Crippen LogP contribution >= 0.6 is 11.8 Å². The minimum atomic E-state index is -0.560. The molecule has 4 rings (SSSR count). The van der Waals surface area contributed by atoms with Gasteiger partial charge < -0.3 is 14.6 Å². The van der Waals surface area contributed by atoms with Crippen LogP contribution in [0.4, 0.5) is 0 Å². The first kappa shape index (κ1) is 20.3. The van der Waals surface area contributed by atoms with Crippen molar-refractivity contribution < 1.29 is 14.0 Å². The van der Waals surface area contributed by atoms with Gasteiger partial charge >= 0.3 is 0 Å². The van der Waals surface area contributed by atoms with Crippen LogP contribution in [-0.4, -0.2) is 28.5 Å². The molecule has 1 aromatic heterocycles. The summed E-state index contributed by atoms with van der Waals surface area (Å²) in [4.78, 5) is 28.3. The quantitative estimate of drug-likeness (QED) is 0.649. The third-order valence-electron chi connectivity index (χ3n) is 5.32. The number of furan rings is 1. The average Bonchev–Trinajstić information content (AvgIpc) is 3.44. The van der Waals surface area contributed by atoms with Gasteiger partial charge in [-0.25, -0.2) is 0 Å². The second-order valence-corrected chi connectivity index (χ2v) is 8.59. The average molecular weight is 421 g/mol. The molecule has 3 atom stereocenters. The SMILES string of the molecule is Cc1ccc(C(=O)N2C(C(=O)NC(C)c3ccccc3)CSC2c2ccoc2)cc1. The zero-order valence-electron chi connectivity index (χ0n) is 16.9. The summed E-state index contributed by atoms with van der Waals surface area (Å²) in [6.07, 6.45) is 3.23. The fraction of sp³-hybridized carbons (Fsp3) is 0.250. The Kier molecular flexibility index (Phi) is 5.95. The van der Waals surface area contributed by atoms with Gasteiger partial charge in [0.05, 0.1) is 18.6 Å². The summed E-state index contributed by atoms with van der Waals surface area (Å²) in [6, 6.07) is 18.4. The van der Waals surface area contributed by atoms with Gasteiger partial charge in [-0.3, -0.25) is 9.59 Å². The molecule has 6 heteroatoms. The molecule has 154 valence electrons. The summed E-state index contributed by atoms with van der Waals surface area (Å²) in [5.74, 6) is 0.227. The largest absolute Gasteiger partial charge is 0.472 e. The maximum Gasteiger partial charge on any atom is 0.255 e. The molecule has 1 N–H and O–H groups in total. The molecule has 0 bridgehead atoms. The van der Waals surface area contributed by atoms with Crippen molar-refractivity contribution in [2.45, 2.75) is 31.3 Å². The predicted octanol–water partition coefficient (Wildman–Crippen LogP) is 4.72. The minimum absolute atomic E-state index is 0.145. The molecule has 2 heterocycles. The summed E-state index contributed by atoms with van der Waals surface area (Å²) in [6.45, 7) is 3.94. The van der Waals surface area contributed by atoms with Crippen LogP contribution in [0.3, 0.4) is 0 Å². The van der Waals surface area contributed by atoms with Gasteiger partial charge in [-0.15, -0.1) is 11.8 Å². The van der Waals surface area contributed by atoms with Crippen molar-refractivity contribution in [3.05, 3.63) is 95.4 Å². The molecule has 0 radical (unpaired) electrons. The highest BCUT2D eigenvalue weighted by atomic mass is 32.2. The Hall–Kier alpha value is -2.99. The van der Waals surface area contributed by atoms with E-state index in [4.69, 9.17) is 4.42 Å². The third kappa shape index (κ3) is 4.14. The maximum atomic E-state index is 13.4. The molecule has 1 saturated heterocycles. The Labute approximate surface area is 180 Å². The molecular weight excluding hydrogens is 396 g/mol. The van der Waals surface area contributed by atoms with E-state index in [-0.39, 0.29) is 23.2 Å². The summed E-state index contributed by atoms with van der Waals surface area (Å²) in [5, 5.41) is 2.82. The lowest BCUT2D eigenvalue weighted by atomic mass is 10.1. The number of amides is 2. The van der Waals surface area contributed by atoms with Gasteiger partial charge in [-0.2, -0.15) is 0 Å². The minimum Gasteiger partial charge on any atom is -0.472 e. The number of nitrogens with zero attached hydrogens (tertiary/aromatic N) is 1. The van der Waals surface area contributed by atoms with Crippen LogP contribution in [0.1, 0.15) is 45.4 Å². The Morgan fingerprint density at radius 1 is 1.10 bits per heavy atom. The third-order valence-corrected chi connectivity index (χ3v) is 6.65. The second-order valence-electron chi connectivity index (χ2n) is 7.48. The van der Waals surface area contributed by atoms with E-state index in [1.807, 2.05) is 74.5 Å². The first-order chi connectivity index (χ1) is 14.5. The highest BCUT2D eigenvalue weighted by Crippen LogP contribution is 2.42. The molecule has 3 aromatic rings. The van der Waals surface area contributed by atoms with Crippen LogP contribution in [0.2, 0.25) is 0 Å². The molecule has 2 amide bonds. The zero-order valence-corrected chi connectivity index (χ0v) is 17.8. The van der Waals surface area contributed by atoms with E-state index >= 15 is 0 Å². The highest BCUT2D eigenvalue weighted by molar-refractivity contribution is 7.99. The van der Waals surface area contributed by atoms with E-state index in [0.717, 1.165) is 16.7 Å². The molecular formula is C24H24N2O3S. The maximum absolute atomic E-state index is 13.4. The molecule has 1 aliphatic heterocycles. The van der Waals surface area contributed by atoms with Crippen molar-refractivity contribution in [1.82, 2.24) is 10.2 Å². The van der Waals surface area contributed by atoms with Crippen molar-refractivity contribution in [3.8, 4) is 0 Å². The van der Waals surface area contributed by atoms with Gasteiger partial charge in [0, 0.05) is 16.9 Å². The Morgan fingerprint density at radius 2 is 1.83 bits per heavy atom. The first-order valence-electron chi connectivity index (χ1n) is 9.93. The molecule has 1 fully saturated rings. The molecule has 1 aliphatic rings. The number of carbonyl (C=O) groups excluding carboxylic acids is 2. The molecule has 0 spiro atoms. The van der Waals surface area contributed by atoms with Crippen LogP contribution in [0.25, 0.3) is 0 Å². The topological polar surface area (TPSA) is 62.6 Å². The summed E-state index contributed by atoms with van der Waals surface area (Å²) < 4.78 is 5.24. The highest BCUT2D eigenvalue weighted by Gasteiger charge is 2.43. The fourth-order valence-corrected chi connectivity index (χ4v) is 5.01. The van der Waals surface area contributed by atoms with Crippen molar-refractivity contribution in [1.29, 1.82) is 0 Å². The van der Waals surface area contributed by atoms with Gasteiger partial charge in [0.2, 0.25) is 5.91 Å². The van der Waals surface area contributed by atoms with Gasteiger partial charge in [0.25, 0.3) is 5.91 Å². The number of benzene rings is 2. The number of hydrogen-bond acceptors (Lipinski definition) is 4. The fourth-order valence-electron chi connectivity index (χ4n) is 3.61. The van der Waals surface area contributed by atoms with Gasteiger partial charge in [0.15, 0.2) is 0 Å². The zero-order chi connectivity index (χ0) is 21.1. The smallest absolute Gasteiger partial charge is 0.255 e. The molecule has 0 saturated carbocycles. The first-order valence-corrected chi connectivity index (χ1v) is 11.0. The molecule has 2 aromatic carbocycles. The lowest BCUT2D eigenvalue weighted by Crippen LogP contribution is -2.48. The van der Waals surface area contributed by atoms with E-state index < -0.39 is 6.04 Å². The second kappa shape index (κ2) is 8.79. The lowest BCUT2D eigenvalue weighted by molar-refractivity contribution is -0.125. The van der Waals surface area contributed by atoms with Crippen LogP contribution in [0.5, 0.6) is 0 Å². The Balaban J connectivity index is 1.59. The van der Waals surface area contributed by atoms with Crippen LogP contribution in [-0.2, 0) is 4.79 Å². The number of nitrogens with one attached hydrogen (secondary N) is 1. The van der Waals surface area contributed by atoms with Crippen LogP contribution in [0.15, 0.2) is 77.6 Å². The van der Waals surface area contributed by atoms with E-state index in [2.05, 4.69) is 5.32 Å². The van der Waals surface area contributed by atoms with Crippen LogP contribution in [0, 0.1) is 6.92 Å². The monoisotopic (exact) mass is 420 g/mol. The van der Waals surface area contributed by atoms with Crippen molar-refractivity contribution in [2.24, 2.45) is 0 Å². The van der Waals surface area contributed by atoms with Crippen molar-refractivity contribution >= 4 is 23.6 Å². The standard InChI is InChI=1S/C24H24N2O3S/c1-16-8-10-19(11-9-16)23(28)26-21(15-30-24(26)20-12-13-29-14-20)22(27)25-17(2)18-6-4-3-5-7-18/h3-14,17,21,24H,15H2,1-2H3,(H,25,27). The van der Waals surface area contributed by atoms with E-state index in [1.54, 1.807) is 29.2 Å². The number of thioether (sulfide) groups is 1. The predicted molar refractivity (Wildman–Crippen MR) is 118 cm³/mol. The number of rotatable bonds is 5. The van der Waals surface area contributed by atoms with E-state index in [9.17, 15) is 9.59 Å². The van der Waals surface area contributed by atoms with Crippen LogP contribution < -0.4 is 5.32 Å². The van der Waals surface area contributed by atoms with Crippen molar-refractivity contribution in [2.75, 3.05) is 5.75 Å². The summed E-state index contributed by atoms with van der Waals surface area (Å²) >= 11 is 1.58. The molecule has 0 aliphatic carbocycles. The number of aryl methyl sites for hydroxylation is 1. The molecule has 5 nitrogen and oxygen atoms in total. The van der Waals surface area contributed by atoms with Gasteiger partial charge in [-0.05, 0) is 37.6 Å². The summed E-state index contributed by atoms with van der Waals surface area (Å²) in [7, 11) is 0. The Bertz CT molecular complexity index is 1000. The van der Waals surface area contributed by atoms with Crippen molar-refractivity contribution in [3.63, 3.8) is 0 Å². The normalized spacial score (nSPS) is 19.5. The number of carbonyl (C=O) groups is 2. The van der Waals surface area contributed by atoms with Gasteiger partial charge in [-0.1, -0.05) is 48.0 Å². The number of hydrogen-bond donors (Lipinski definition) is 1. The summed E-state index contributed by atoms with van der Waals surface area (Å²) in [5.41, 5.74) is 3.57. The molecule has 3 unspecified atom stereocenters. The van der Waals surface area contributed by atoms with E-state index in [0.29, 0.717) is 11.3 Å². The Morgan fingerprint density at radius 3 is 2.50 bits per heavy atom. The molecule has 30 heavy (non-hydrogen) atoms. The van der Waals surface area contributed by atoms with E-state index in [1.165, 1.54) is 0 Å². The lowest BCUT2D eigenvalue weighted by Gasteiger charge is -2.29. The van der Waals surface area contributed by atoms with Gasteiger partial charge in [0.1, 0.15) is 11.4 Å².